The number of carbonyl (C=O) groups is 1. The molecule has 18 heavy (non-hydrogen) atoms. The molecule has 6 heteroatoms. The van der Waals surface area contributed by atoms with Crippen LogP contribution in [0.3, 0.4) is 0 Å². The van der Waals surface area contributed by atoms with Gasteiger partial charge in [-0.05, 0) is 25.1 Å². The molecule has 2 aromatic rings. The molecule has 0 saturated heterocycles. The fourth-order valence-electron chi connectivity index (χ4n) is 1.51. The van der Waals surface area contributed by atoms with E-state index in [1.807, 2.05) is 11.5 Å². The highest BCUT2D eigenvalue weighted by Crippen LogP contribution is 2.13. The van der Waals surface area contributed by atoms with E-state index in [1.165, 1.54) is 12.1 Å². The summed E-state index contributed by atoms with van der Waals surface area (Å²) in [6, 6.07) is 6.41. The molecule has 0 aliphatic heterocycles. The lowest BCUT2D eigenvalue weighted by Gasteiger charge is -2.07. The summed E-state index contributed by atoms with van der Waals surface area (Å²) in [5.41, 5.74) is 0.216. The first-order valence-electron chi connectivity index (χ1n) is 5.47. The third kappa shape index (κ3) is 2.85. The first-order valence-corrected chi connectivity index (χ1v) is 5.47. The molecule has 6 nitrogen and oxygen atoms in total. The third-order valence-electron chi connectivity index (χ3n) is 2.49. The van der Waals surface area contributed by atoms with Gasteiger partial charge in [0.05, 0.1) is 12.1 Å². The number of nitrogens with zero attached hydrogens (tertiary/aromatic N) is 3. The van der Waals surface area contributed by atoms with Crippen molar-refractivity contribution in [1.82, 2.24) is 14.8 Å². The van der Waals surface area contributed by atoms with Gasteiger partial charge >= 0.3 is 5.97 Å². The van der Waals surface area contributed by atoms with Gasteiger partial charge in [0.2, 0.25) is 0 Å². The molecule has 0 bridgehead atoms. The van der Waals surface area contributed by atoms with Crippen LogP contribution in [-0.2, 0) is 6.54 Å². The van der Waals surface area contributed by atoms with Crippen LogP contribution in [0.1, 0.15) is 16.2 Å². The third-order valence-corrected chi connectivity index (χ3v) is 2.49. The maximum atomic E-state index is 10.8. The summed E-state index contributed by atoms with van der Waals surface area (Å²) in [7, 11) is 0. The van der Waals surface area contributed by atoms with Gasteiger partial charge in [-0.3, -0.25) is 0 Å². The van der Waals surface area contributed by atoms with Gasteiger partial charge in [-0.25, -0.2) is 4.79 Å². The van der Waals surface area contributed by atoms with E-state index < -0.39 is 5.97 Å². The van der Waals surface area contributed by atoms with Gasteiger partial charge in [-0.15, -0.1) is 10.2 Å². The fraction of sp³-hybridized carbons (Fsp3) is 0.250. The van der Waals surface area contributed by atoms with Gasteiger partial charge in [0.1, 0.15) is 24.5 Å². The molecule has 0 fully saturated rings. The van der Waals surface area contributed by atoms with E-state index >= 15 is 0 Å². The number of ether oxygens (including phenoxy) is 1. The quantitative estimate of drug-likeness (QED) is 0.863. The zero-order valence-electron chi connectivity index (χ0n) is 9.91. The lowest BCUT2D eigenvalue weighted by molar-refractivity contribution is 0.0696. The summed E-state index contributed by atoms with van der Waals surface area (Å²) >= 11 is 0. The van der Waals surface area contributed by atoms with E-state index in [-0.39, 0.29) is 5.56 Å². The maximum absolute atomic E-state index is 10.8. The highest BCUT2D eigenvalue weighted by Gasteiger charge is 2.04. The first-order chi connectivity index (χ1) is 8.66. The summed E-state index contributed by atoms with van der Waals surface area (Å²) in [4.78, 5) is 10.8. The Morgan fingerprint density at radius 3 is 3.00 bits per heavy atom. The number of hydrogen-bond acceptors (Lipinski definition) is 4. The van der Waals surface area contributed by atoms with Crippen LogP contribution in [-0.4, -0.2) is 32.4 Å². The minimum absolute atomic E-state index is 0.216. The second-order valence-electron chi connectivity index (χ2n) is 3.75. The molecule has 0 aliphatic carbocycles. The van der Waals surface area contributed by atoms with E-state index in [1.54, 1.807) is 18.5 Å². The van der Waals surface area contributed by atoms with Crippen LogP contribution in [0.5, 0.6) is 5.75 Å². The van der Waals surface area contributed by atoms with Crippen LogP contribution in [0.4, 0.5) is 0 Å². The maximum Gasteiger partial charge on any atom is 0.335 e. The molecule has 0 unspecified atom stereocenters. The average molecular weight is 247 g/mol. The average Bonchev–Trinajstić information content (AvgIpc) is 2.76. The molecule has 0 spiro atoms. The Bertz CT molecular complexity index is 551. The topological polar surface area (TPSA) is 77.2 Å². The SMILES string of the molecule is Cc1nncn1CCOc1cccc(C(=O)O)c1. The summed E-state index contributed by atoms with van der Waals surface area (Å²) in [6.07, 6.45) is 1.63. The van der Waals surface area contributed by atoms with Crippen LogP contribution >= 0.6 is 0 Å². The zero-order chi connectivity index (χ0) is 13.0. The fourth-order valence-corrected chi connectivity index (χ4v) is 1.51. The summed E-state index contributed by atoms with van der Waals surface area (Å²) < 4.78 is 7.35. The normalized spacial score (nSPS) is 10.3. The minimum Gasteiger partial charge on any atom is -0.492 e. The van der Waals surface area contributed by atoms with Crippen molar-refractivity contribution in [3.63, 3.8) is 0 Å². The highest BCUT2D eigenvalue weighted by atomic mass is 16.5. The monoisotopic (exact) mass is 247 g/mol. The van der Waals surface area contributed by atoms with E-state index in [0.29, 0.717) is 18.9 Å². The molecule has 1 aromatic carbocycles. The molecular weight excluding hydrogens is 234 g/mol. The minimum atomic E-state index is -0.963. The van der Waals surface area contributed by atoms with Crippen LogP contribution in [0.25, 0.3) is 0 Å². The molecule has 0 saturated carbocycles. The molecule has 1 aromatic heterocycles. The molecular formula is C12H13N3O3. The van der Waals surface area contributed by atoms with Crippen LogP contribution < -0.4 is 4.74 Å². The van der Waals surface area contributed by atoms with Gasteiger partial charge in [0.15, 0.2) is 0 Å². The molecule has 0 amide bonds. The largest absolute Gasteiger partial charge is 0.492 e. The Morgan fingerprint density at radius 1 is 1.50 bits per heavy atom. The Labute approximate surface area is 104 Å². The smallest absolute Gasteiger partial charge is 0.335 e. The number of aryl methyl sites for hydroxylation is 1. The van der Waals surface area contributed by atoms with Crippen molar-refractivity contribution in [3.8, 4) is 5.75 Å². The number of aromatic nitrogens is 3. The standard InChI is InChI=1S/C12H13N3O3/c1-9-14-13-8-15(9)5-6-18-11-4-2-3-10(7-11)12(16)17/h2-4,7-8H,5-6H2,1H3,(H,16,17). The number of benzene rings is 1. The van der Waals surface area contributed by atoms with Crippen molar-refractivity contribution in [2.75, 3.05) is 6.61 Å². The number of rotatable bonds is 5. The van der Waals surface area contributed by atoms with E-state index in [4.69, 9.17) is 9.84 Å². The molecule has 0 aliphatic rings. The Kier molecular flexibility index (Phi) is 3.57. The van der Waals surface area contributed by atoms with E-state index in [9.17, 15) is 4.79 Å². The lowest BCUT2D eigenvalue weighted by atomic mass is 10.2. The van der Waals surface area contributed by atoms with Crippen molar-refractivity contribution in [2.24, 2.45) is 0 Å². The van der Waals surface area contributed by atoms with Gasteiger partial charge in [0.25, 0.3) is 0 Å². The zero-order valence-corrected chi connectivity index (χ0v) is 9.91. The summed E-state index contributed by atoms with van der Waals surface area (Å²) in [5, 5.41) is 16.5. The Hall–Kier alpha value is -2.37. The predicted molar refractivity (Wildman–Crippen MR) is 63.7 cm³/mol. The van der Waals surface area contributed by atoms with Crippen LogP contribution in [0, 0.1) is 6.92 Å². The molecule has 94 valence electrons. The van der Waals surface area contributed by atoms with Gasteiger partial charge in [-0.2, -0.15) is 0 Å². The number of carboxylic acids is 1. The second-order valence-corrected chi connectivity index (χ2v) is 3.75. The van der Waals surface area contributed by atoms with Gasteiger partial charge in [0, 0.05) is 0 Å². The van der Waals surface area contributed by atoms with Crippen molar-refractivity contribution < 1.29 is 14.6 Å². The molecule has 0 atom stereocenters. The first kappa shape index (κ1) is 12.1. The molecule has 2 rings (SSSR count). The van der Waals surface area contributed by atoms with Crippen molar-refractivity contribution in [1.29, 1.82) is 0 Å². The lowest BCUT2D eigenvalue weighted by Crippen LogP contribution is -2.09. The van der Waals surface area contributed by atoms with Crippen molar-refractivity contribution >= 4 is 5.97 Å². The van der Waals surface area contributed by atoms with E-state index in [2.05, 4.69) is 10.2 Å². The number of aromatic carboxylic acids is 1. The second kappa shape index (κ2) is 5.31. The van der Waals surface area contributed by atoms with Crippen LogP contribution in [0.15, 0.2) is 30.6 Å². The summed E-state index contributed by atoms with van der Waals surface area (Å²) in [5.74, 6) is 0.397. The Balaban J connectivity index is 1.92. The van der Waals surface area contributed by atoms with Crippen molar-refractivity contribution in [3.05, 3.63) is 42.0 Å². The van der Waals surface area contributed by atoms with Crippen LogP contribution in [0.2, 0.25) is 0 Å². The highest BCUT2D eigenvalue weighted by molar-refractivity contribution is 5.87. The molecule has 1 heterocycles. The van der Waals surface area contributed by atoms with Gasteiger partial charge < -0.3 is 14.4 Å². The summed E-state index contributed by atoms with van der Waals surface area (Å²) in [6.45, 7) is 2.91. The van der Waals surface area contributed by atoms with Gasteiger partial charge in [-0.1, -0.05) is 6.07 Å². The van der Waals surface area contributed by atoms with Crippen molar-refractivity contribution in [2.45, 2.75) is 13.5 Å². The van der Waals surface area contributed by atoms with E-state index in [0.717, 1.165) is 5.82 Å². The predicted octanol–water partition coefficient (Wildman–Crippen LogP) is 1.36. The number of carboxylic acid groups (broad SMARTS) is 1. The number of hydrogen-bond donors (Lipinski definition) is 1. The Morgan fingerprint density at radius 2 is 2.33 bits per heavy atom. The molecule has 0 radical (unpaired) electrons. The molecule has 1 N–H and O–H groups in total.